The van der Waals surface area contributed by atoms with Gasteiger partial charge < -0.3 is 0 Å². The average Bonchev–Trinajstić information content (AvgIpc) is 3.28. The zero-order valence-corrected chi connectivity index (χ0v) is 17.9. The predicted molar refractivity (Wildman–Crippen MR) is 111 cm³/mol. The standard InChI is InChI=1S/C22H15F6NS2/c1-4-11-9-12-16-17(21(25,26)22(27,28)20(16,23)24)13-10-15(14-7-5-6-8-29-14)31-19(13,3)18(12,2)30-11/h4-10H,1H2,2-3H3. The topological polar surface area (TPSA) is 12.9 Å². The molecule has 1 aromatic heterocycles. The van der Waals surface area contributed by atoms with Gasteiger partial charge in [0.15, 0.2) is 0 Å². The molecule has 0 bridgehead atoms. The molecule has 0 saturated heterocycles. The maximum atomic E-state index is 15.0. The number of hydrogen-bond donors (Lipinski definition) is 0. The van der Waals surface area contributed by atoms with Crippen LogP contribution in [0.25, 0.3) is 4.91 Å². The normalized spacial score (nSPS) is 34.2. The van der Waals surface area contributed by atoms with Crippen LogP contribution in [0.15, 0.2) is 76.4 Å². The summed E-state index contributed by atoms with van der Waals surface area (Å²) in [5.74, 6) is -15.6. The van der Waals surface area contributed by atoms with Crippen molar-refractivity contribution in [1.82, 2.24) is 4.98 Å². The van der Waals surface area contributed by atoms with Gasteiger partial charge in [0, 0.05) is 27.2 Å². The Morgan fingerprint density at radius 2 is 1.45 bits per heavy atom. The molecule has 2 unspecified atom stereocenters. The molecule has 31 heavy (non-hydrogen) atoms. The lowest BCUT2D eigenvalue weighted by atomic mass is 9.71. The molecule has 2 aliphatic carbocycles. The first-order valence-corrected chi connectivity index (χ1v) is 11.0. The van der Waals surface area contributed by atoms with Crippen molar-refractivity contribution >= 4 is 28.4 Å². The molecule has 5 rings (SSSR count). The van der Waals surface area contributed by atoms with Crippen molar-refractivity contribution in [3.63, 3.8) is 0 Å². The van der Waals surface area contributed by atoms with E-state index in [0.717, 1.165) is 0 Å². The number of thioether (sulfide) groups is 2. The van der Waals surface area contributed by atoms with Crippen LogP contribution in [0.1, 0.15) is 19.5 Å². The minimum atomic E-state index is -5.54. The summed E-state index contributed by atoms with van der Waals surface area (Å²) >= 11 is 2.36. The Hall–Kier alpha value is -1.87. The van der Waals surface area contributed by atoms with Gasteiger partial charge in [0.25, 0.3) is 0 Å². The Kier molecular flexibility index (Phi) is 4.01. The molecule has 0 aromatic carbocycles. The number of fused-ring (bicyclic) bond motifs is 4. The first kappa shape index (κ1) is 21.0. The fourth-order valence-corrected chi connectivity index (χ4v) is 7.65. The number of nitrogens with zero attached hydrogens (tertiary/aromatic N) is 1. The van der Waals surface area contributed by atoms with E-state index in [1.165, 1.54) is 47.9 Å². The lowest BCUT2D eigenvalue weighted by Crippen LogP contribution is -2.48. The highest BCUT2D eigenvalue weighted by atomic mass is 32.2. The molecule has 1 fully saturated rings. The van der Waals surface area contributed by atoms with Gasteiger partial charge in [-0.2, -0.15) is 26.3 Å². The lowest BCUT2D eigenvalue weighted by Gasteiger charge is -2.47. The van der Waals surface area contributed by atoms with Crippen molar-refractivity contribution in [2.24, 2.45) is 0 Å². The van der Waals surface area contributed by atoms with E-state index in [9.17, 15) is 17.6 Å². The van der Waals surface area contributed by atoms with Gasteiger partial charge in [0.2, 0.25) is 0 Å². The fourth-order valence-electron chi connectivity index (χ4n) is 4.67. The summed E-state index contributed by atoms with van der Waals surface area (Å²) < 4.78 is 86.6. The van der Waals surface area contributed by atoms with E-state index in [2.05, 4.69) is 11.6 Å². The van der Waals surface area contributed by atoms with Crippen LogP contribution in [0.5, 0.6) is 0 Å². The van der Waals surface area contributed by atoms with Crippen LogP contribution in [0.2, 0.25) is 0 Å². The van der Waals surface area contributed by atoms with E-state index in [1.54, 1.807) is 32.0 Å². The van der Waals surface area contributed by atoms with E-state index in [0.29, 0.717) is 15.5 Å². The monoisotopic (exact) mass is 471 g/mol. The first-order valence-electron chi connectivity index (χ1n) is 9.32. The summed E-state index contributed by atoms with van der Waals surface area (Å²) in [5, 5.41) is 0. The van der Waals surface area contributed by atoms with Gasteiger partial charge in [-0.3, -0.25) is 4.98 Å². The molecule has 0 radical (unpaired) electrons. The number of allylic oxidation sites excluding steroid dienone is 5. The van der Waals surface area contributed by atoms with Crippen LogP contribution in [0, 0.1) is 0 Å². The molecule has 1 saturated carbocycles. The van der Waals surface area contributed by atoms with Gasteiger partial charge in [-0.1, -0.05) is 18.7 Å². The van der Waals surface area contributed by atoms with E-state index in [-0.39, 0.29) is 11.1 Å². The summed E-state index contributed by atoms with van der Waals surface area (Å²) in [5.41, 5.74) is -2.46. The molecule has 0 amide bonds. The molecular weight excluding hydrogens is 456 g/mol. The fraction of sp³-hybridized carbons (Fsp3) is 0.318. The minimum Gasteiger partial charge on any atom is -0.256 e. The van der Waals surface area contributed by atoms with Gasteiger partial charge >= 0.3 is 17.8 Å². The zero-order chi connectivity index (χ0) is 22.6. The number of rotatable bonds is 2. The van der Waals surface area contributed by atoms with Gasteiger partial charge in [0.05, 0.1) is 15.2 Å². The second-order valence-corrected chi connectivity index (χ2v) is 11.0. The third kappa shape index (κ3) is 2.21. The Morgan fingerprint density at radius 3 is 2.00 bits per heavy atom. The van der Waals surface area contributed by atoms with Crippen molar-refractivity contribution in [3.05, 3.63) is 82.1 Å². The van der Waals surface area contributed by atoms with E-state index in [4.69, 9.17) is 0 Å². The van der Waals surface area contributed by atoms with Gasteiger partial charge in [-0.05, 0) is 49.3 Å². The first-order chi connectivity index (χ1) is 14.3. The summed E-state index contributed by atoms with van der Waals surface area (Å²) in [6.45, 7) is 6.92. The Morgan fingerprint density at radius 1 is 0.871 bits per heavy atom. The highest BCUT2D eigenvalue weighted by Crippen LogP contribution is 2.74. The van der Waals surface area contributed by atoms with Crippen molar-refractivity contribution < 1.29 is 26.3 Å². The zero-order valence-electron chi connectivity index (χ0n) is 16.3. The molecule has 0 N–H and O–H groups in total. The molecule has 2 aliphatic heterocycles. The molecule has 3 heterocycles. The highest BCUT2D eigenvalue weighted by molar-refractivity contribution is 8.12. The number of hydrogen-bond acceptors (Lipinski definition) is 3. The average molecular weight is 471 g/mol. The number of pyridine rings is 1. The van der Waals surface area contributed by atoms with Crippen LogP contribution in [0.3, 0.4) is 0 Å². The number of halogens is 6. The van der Waals surface area contributed by atoms with Crippen molar-refractivity contribution in [3.8, 4) is 0 Å². The largest absolute Gasteiger partial charge is 0.380 e. The molecule has 1 aromatic rings. The summed E-state index contributed by atoms with van der Waals surface area (Å²) in [6, 6.07) is 5.04. The lowest BCUT2D eigenvalue weighted by molar-refractivity contribution is -0.258. The van der Waals surface area contributed by atoms with Crippen LogP contribution in [0.4, 0.5) is 26.3 Å². The quantitative estimate of drug-likeness (QED) is 0.430. The van der Waals surface area contributed by atoms with E-state index < -0.39 is 38.4 Å². The molecule has 0 spiro atoms. The van der Waals surface area contributed by atoms with Crippen molar-refractivity contribution in [2.45, 2.75) is 41.1 Å². The SMILES string of the molecule is C=CC1=CC2=C3C(=C4C=C(c5ccccn5)SC4(C)C2(C)S1)C(F)(F)C(F)(F)C3(F)F. The maximum Gasteiger partial charge on any atom is 0.380 e. The van der Waals surface area contributed by atoms with Crippen molar-refractivity contribution in [1.29, 1.82) is 0 Å². The van der Waals surface area contributed by atoms with Crippen LogP contribution in [-0.4, -0.2) is 32.2 Å². The summed E-state index contributed by atoms with van der Waals surface area (Å²) in [4.78, 5) is 5.16. The molecule has 162 valence electrons. The van der Waals surface area contributed by atoms with E-state index in [1.807, 2.05) is 0 Å². The number of alkyl halides is 6. The highest BCUT2D eigenvalue weighted by Gasteiger charge is 2.84. The molecular formula is C22H15F6NS2. The third-order valence-electron chi connectivity index (χ3n) is 6.46. The Bertz CT molecular complexity index is 1160. The van der Waals surface area contributed by atoms with Crippen LogP contribution >= 0.6 is 23.5 Å². The van der Waals surface area contributed by atoms with Crippen molar-refractivity contribution in [2.75, 3.05) is 0 Å². The molecule has 9 heteroatoms. The maximum absolute atomic E-state index is 15.0. The second-order valence-electron chi connectivity index (χ2n) is 8.05. The molecule has 2 atom stereocenters. The van der Waals surface area contributed by atoms with E-state index >= 15 is 8.78 Å². The van der Waals surface area contributed by atoms with Gasteiger partial charge in [0.1, 0.15) is 0 Å². The van der Waals surface area contributed by atoms with Crippen LogP contribution in [-0.2, 0) is 0 Å². The minimum absolute atomic E-state index is 0.196. The molecule has 4 aliphatic rings. The van der Waals surface area contributed by atoms with Gasteiger partial charge in [-0.25, -0.2) is 0 Å². The predicted octanol–water partition coefficient (Wildman–Crippen LogP) is 7.03. The second kappa shape index (κ2) is 5.92. The smallest absolute Gasteiger partial charge is 0.256 e. The summed E-state index contributed by atoms with van der Waals surface area (Å²) in [6.07, 6.45) is 5.55. The molecule has 1 nitrogen and oxygen atoms in total. The Labute approximate surface area is 183 Å². The number of aromatic nitrogens is 1. The summed E-state index contributed by atoms with van der Waals surface area (Å²) in [7, 11) is 0. The van der Waals surface area contributed by atoms with Crippen LogP contribution < -0.4 is 0 Å². The Balaban J connectivity index is 1.89. The third-order valence-corrected chi connectivity index (χ3v) is 9.73. The van der Waals surface area contributed by atoms with Gasteiger partial charge in [-0.15, -0.1) is 23.5 Å².